The Hall–Kier alpha value is -0.860. The lowest BCUT2D eigenvalue weighted by Gasteiger charge is -2.45. The Kier molecular flexibility index (Phi) is 3.42. The molecule has 3 rings (SSSR count). The first-order valence-electron chi connectivity index (χ1n) is 7.91. The van der Waals surface area contributed by atoms with Crippen molar-refractivity contribution in [3.8, 4) is 0 Å². The van der Waals surface area contributed by atoms with Crippen LogP contribution in [0.1, 0.15) is 45.7 Å². The summed E-state index contributed by atoms with van der Waals surface area (Å²) in [5.41, 5.74) is 2.24. The summed E-state index contributed by atoms with van der Waals surface area (Å²) >= 11 is 0. The van der Waals surface area contributed by atoms with Gasteiger partial charge in [0, 0.05) is 31.2 Å². The third-order valence-corrected chi connectivity index (χ3v) is 5.17. The van der Waals surface area contributed by atoms with Gasteiger partial charge < -0.3 is 5.32 Å². The van der Waals surface area contributed by atoms with Gasteiger partial charge in [0.05, 0.1) is 0 Å². The van der Waals surface area contributed by atoms with E-state index < -0.39 is 0 Å². The van der Waals surface area contributed by atoms with Crippen LogP contribution in [0.4, 0.5) is 0 Å². The lowest BCUT2D eigenvalue weighted by atomic mass is 9.94. The van der Waals surface area contributed by atoms with Gasteiger partial charge in [-0.3, -0.25) is 4.90 Å². The van der Waals surface area contributed by atoms with Gasteiger partial charge in [0.1, 0.15) is 0 Å². The van der Waals surface area contributed by atoms with E-state index in [0.717, 1.165) is 19.0 Å². The summed E-state index contributed by atoms with van der Waals surface area (Å²) in [4.78, 5) is 2.71. The molecular formula is C18H28N2. The highest BCUT2D eigenvalue weighted by atomic mass is 15.3. The summed E-state index contributed by atoms with van der Waals surface area (Å²) in [6.45, 7) is 12.9. The van der Waals surface area contributed by atoms with Gasteiger partial charge in [-0.05, 0) is 37.2 Å². The van der Waals surface area contributed by atoms with Crippen molar-refractivity contribution in [2.45, 2.75) is 45.7 Å². The van der Waals surface area contributed by atoms with Gasteiger partial charge in [-0.25, -0.2) is 0 Å². The summed E-state index contributed by atoms with van der Waals surface area (Å²) in [5.74, 6) is 0.877. The molecule has 20 heavy (non-hydrogen) atoms. The first kappa shape index (κ1) is 14.1. The molecule has 2 nitrogen and oxygen atoms in total. The molecule has 1 saturated carbocycles. The smallest absolute Gasteiger partial charge is 0.0473 e. The average Bonchev–Trinajstić information content (AvgIpc) is 2.96. The minimum absolute atomic E-state index is 0.227. The van der Waals surface area contributed by atoms with Crippen molar-refractivity contribution < 1.29 is 0 Å². The third-order valence-electron chi connectivity index (χ3n) is 5.17. The van der Waals surface area contributed by atoms with Crippen LogP contribution in [0, 0.1) is 11.3 Å². The van der Waals surface area contributed by atoms with Gasteiger partial charge in [0.2, 0.25) is 0 Å². The Bertz CT molecular complexity index is 464. The molecule has 1 saturated heterocycles. The molecule has 1 aromatic rings. The molecule has 2 fully saturated rings. The Morgan fingerprint density at radius 3 is 2.40 bits per heavy atom. The first-order valence-corrected chi connectivity index (χ1v) is 7.91. The van der Waals surface area contributed by atoms with Gasteiger partial charge in [0.15, 0.2) is 0 Å². The molecule has 0 spiro atoms. The molecule has 0 radical (unpaired) electrons. The van der Waals surface area contributed by atoms with Crippen LogP contribution in [-0.2, 0) is 0 Å². The van der Waals surface area contributed by atoms with Crippen LogP contribution in [0.3, 0.4) is 0 Å². The molecule has 0 amide bonds. The van der Waals surface area contributed by atoms with Gasteiger partial charge in [-0.15, -0.1) is 0 Å². The van der Waals surface area contributed by atoms with E-state index in [9.17, 15) is 0 Å². The molecule has 1 aliphatic heterocycles. The number of hydrogen-bond acceptors (Lipinski definition) is 2. The van der Waals surface area contributed by atoms with Gasteiger partial charge in [-0.2, -0.15) is 0 Å². The minimum Gasteiger partial charge on any atom is -0.309 e. The lowest BCUT2D eigenvalue weighted by Crippen LogP contribution is -2.58. The summed E-state index contributed by atoms with van der Waals surface area (Å²) < 4.78 is 0. The molecule has 110 valence electrons. The zero-order valence-corrected chi connectivity index (χ0v) is 13.3. The maximum atomic E-state index is 3.71. The van der Waals surface area contributed by atoms with Crippen LogP contribution < -0.4 is 5.32 Å². The zero-order valence-electron chi connectivity index (χ0n) is 13.3. The van der Waals surface area contributed by atoms with Crippen molar-refractivity contribution in [2.24, 2.45) is 11.3 Å². The van der Waals surface area contributed by atoms with Gasteiger partial charge in [-0.1, -0.05) is 44.2 Å². The molecular weight excluding hydrogens is 244 g/mol. The summed E-state index contributed by atoms with van der Waals surface area (Å²) in [5, 5.41) is 3.71. The number of nitrogens with one attached hydrogen (secondary N) is 1. The maximum Gasteiger partial charge on any atom is 0.0473 e. The molecule has 1 aliphatic carbocycles. The largest absolute Gasteiger partial charge is 0.309 e. The first-order chi connectivity index (χ1) is 9.37. The molecule has 2 heteroatoms. The molecule has 1 aromatic carbocycles. The highest BCUT2D eigenvalue weighted by Gasteiger charge is 2.47. The Morgan fingerprint density at radius 2 is 1.80 bits per heavy atom. The zero-order chi connectivity index (χ0) is 14.4. The summed E-state index contributed by atoms with van der Waals surface area (Å²) in [6, 6.07) is 11.5. The van der Waals surface area contributed by atoms with Crippen LogP contribution >= 0.6 is 0 Å². The second kappa shape index (κ2) is 4.85. The number of piperazine rings is 1. The Morgan fingerprint density at radius 1 is 1.15 bits per heavy atom. The molecule has 2 unspecified atom stereocenters. The van der Waals surface area contributed by atoms with Crippen LogP contribution in [0.15, 0.2) is 30.3 Å². The van der Waals surface area contributed by atoms with E-state index in [1.807, 2.05) is 0 Å². The van der Waals surface area contributed by atoms with Crippen molar-refractivity contribution in [1.29, 1.82) is 0 Å². The van der Waals surface area contributed by atoms with Crippen molar-refractivity contribution >= 4 is 0 Å². The molecule has 1 N–H and O–H groups in total. The quantitative estimate of drug-likeness (QED) is 0.906. The summed E-state index contributed by atoms with van der Waals surface area (Å²) in [6.07, 6.45) is 1.39. The average molecular weight is 272 g/mol. The Balaban J connectivity index is 1.77. The monoisotopic (exact) mass is 272 g/mol. The normalized spacial score (nSPS) is 32.0. The maximum absolute atomic E-state index is 3.71. The van der Waals surface area contributed by atoms with Crippen molar-refractivity contribution in [2.75, 3.05) is 19.6 Å². The predicted octanol–water partition coefficient (Wildman–Crippen LogP) is 3.46. The van der Waals surface area contributed by atoms with Crippen LogP contribution in [0.5, 0.6) is 0 Å². The number of nitrogens with zero attached hydrogens (tertiary/aromatic N) is 1. The van der Waals surface area contributed by atoms with Crippen molar-refractivity contribution in [3.63, 3.8) is 0 Å². The number of rotatable bonds is 3. The van der Waals surface area contributed by atoms with E-state index in [1.165, 1.54) is 18.5 Å². The fourth-order valence-corrected chi connectivity index (χ4v) is 3.54. The SMILES string of the molecule is CC1(C)CN(CC2CC2(C)C)C(c2ccccc2)CN1. The summed E-state index contributed by atoms with van der Waals surface area (Å²) in [7, 11) is 0. The third kappa shape index (κ3) is 2.91. The van der Waals surface area contributed by atoms with Crippen LogP contribution in [0.25, 0.3) is 0 Å². The highest BCUT2D eigenvalue weighted by Crippen LogP contribution is 2.52. The van der Waals surface area contributed by atoms with E-state index in [1.54, 1.807) is 0 Å². The van der Waals surface area contributed by atoms with Gasteiger partial charge >= 0.3 is 0 Å². The fraction of sp³-hybridized carbons (Fsp3) is 0.667. The number of benzene rings is 1. The van der Waals surface area contributed by atoms with Crippen LogP contribution in [0.2, 0.25) is 0 Å². The highest BCUT2D eigenvalue weighted by molar-refractivity contribution is 5.21. The van der Waals surface area contributed by atoms with Crippen LogP contribution in [-0.4, -0.2) is 30.1 Å². The van der Waals surface area contributed by atoms with Crippen molar-refractivity contribution in [1.82, 2.24) is 10.2 Å². The second-order valence-corrected chi connectivity index (χ2v) is 8.01. The second-order valence-electron chi connectivity index (χ2n) is 8.01. The topological polar surface area (TPSA) is 15.3 Å². The van der Waals surface area contributed by atoms with E-state index in [-0.39, 0.29) is 5.54 Å². The molecule has 2 aliphatic rings. The van der Waals surface area contributed by atoms with E-state index in [0.29, 0.717) is 11.5 Å². The molecule has 0 aromatic heterocycles. The van der Waals surface area contributed by atoms with E-state index >= 15 is 0 Å². The predicted molar refractivity (Wildman–Crippen MR) is 84.7 cm³/mol. The molecule has 1 heterocycles. The van der Waals surface area contributed by atoms with Gasteiger partial charge in [0.25, 0.3) is 0 Å². The van der Waals surface area contributed by atoms with E-state index in [2.05, 4.69) is 68.2 Å². The Labute approximate surface area is 123 Å². The fourth-order valence-electron chi connectivity index (χ4n) is 3.54. The minimum atomic E-state index is 0.227. The van der Waals surface area contributed by atoms with Crippen molar-refractivity contribution in [3.05, 3.63) is 35.9 Å². The molecule has 2 atom stereocenters. The van der Waals surface area contributed by atoms with E-state index in [4.69, 9.17) is 0 Å². The number of hydrogen-bond donors (Lipinski definition) is 1. The standard InChI is InChI=1S/C18H28N2/c1-17(2)10-15(17)12-20-13-18(3,4)19-11-16(20)14-8-6-5-7-9-14/h5-9,15-16,19H,10-13H2,1-4H3. The molecule has 0 bridgehead atoms. The lowest BCUT2D eigenvalue weighted by molar-refractivity contribution is 0.0867.